The zero-order valence-corrected chi connectivity index (χ0v) is 15.1. The van der Waals surface area contributed by atoms with Crippen molar-refractivity contribution in [3.05, 3.63) is 53.6 Å². The van der Waals surface area contributed by atoms with E-state index in [9.17, 15) is 13.2 Å². The second-order valence-corrected chi connectivity index (χ2v) is 11.2. The first kappa shape index (κ1) is 18.1. The van der Waals surface area contributed by atoms with Gasteiger partial charge in [-0.25, -0.2) is 0 Å². The molecule has 0 radical (unpaired) electrons. The predicted molar refractivity (Wildman–Crippen MR) is 93.7 cm³/mol. The van der Waals surface area contributed by atoms with E-state index < -0.39 is 19.8 Å². The summed E-state index contributed by atoms with van der Waals surface area (Å²) in [5.41, 5.74) is 3.81. The van der Waals surface area contributed by atoms with Crippen LogP contribution in [0.2, 0.25) is 19.6 Å². The lowest BCUT2D eigenvalue weighted by molar-refractivity contribution is -0.137. The second-order valence-electron chi connectivity index (χ2n) is 6.46. The van der Waals surface area contributed by atoms with Crippen molar-refractivity contribution in [3.8, 4) is 28.3 Å². The van der Waals surface area contributed by atoms with E-state index in [-0.39, 0.29) is 5.56 Å². The number of rotatable bonds is 2. The average Bonchev–Trinajstić information content (AvgIpc) is 2.51. The van der Waals surface area contributed by atoms with Crippen LogP contribution in [-0.2, 0) is 6.18 Å². The van der Waals surface area contributed by atoms with Gasteiger partial charge in [-0.3, -0.25) is 0 Å². The highest BCUT2D eigenvalue weighted by Gasteiger charge is 2.33. The third-order valence-electron chi connectivity index (χ3n) is 3.31. The molecule has 126 valence electrons. The molecule has 0 unspecified atom stereocenters. The molecule has 0 bridgehead atoms. The van der Waals surface area contributed by atoms with Gasteiger partial charge in [-0.05, 0) is 29.8 Å². The summed E-state index contributed by atoms with van der Waals surface area (Å²) in [4.78, 5) is 0. The van der Waals surface area contributed by atoms with E-state index in [1.807, 2.05) is 0 Å². The second kappa shape index (κ2) is 6.74. The Morgan fingerprint density at radius 3 is 2.21 bits per heavy atom. The van der Waals surface area contributed by atoms with Gasteiger partial charge in [0.15, 0.2) is 0 Å². The topological polar surface area (TPSA) is 9.23 Å². The molecule has 0 heterocycles. The van der Waals surface area contributed by atoms with Gasteiger partial charge in [0.25, 0.3) is 0 Å². The molecule has 0 aliphatic carbocycles. The van der Waals surface area contributed by atoms with Crippen molar-refractivity contribution in [1.29, 1.82) is 0 Å². The Bertz CT molecular complexity index is 793. The SMILES string of the molecule is COc1cc(C#C[Si](C)(C)C)ccc1-c1ccccc1C(F)(F)F. The van der Waals surface area contributed by atoms with Crippen molar-refractivity contribution in [2.45, 2.75) is 25.8 Å². The maximum absolute atomic E-state index is 13.2. The number of ether oxygens (including phenoxy) is 1. The Hall–Kier alpha value is -2.19. The zero-order valence-electron chi connectivity index (χ0n) is 14.1. The number of methoxy groups -OCH3 is 1. The van der Waals surface area contributed by atoms with E-state index in [2.05, 4.69) is 31.1 Å². The summed E-state index contributed by atoms with van der Waals surface area (Å²) in [7, 11) is -0.0804. The molecule has 0 aromatic heterocycles. The molecule has 0 aliphatic rings. The van der Waals surface area contributed by atoms with E-state index in [4.69, 9.17) is 4.74 Å². The number of alkyl halides is 3. The standard InChI is InChI=1S/C19H19F3OSi/c1-23-18-13-14(11-12-24(2,3)4)9-10-16(18)15-7-5-6-8-17(15)19(20,21)22/h5-10,13H,1-4H3. The number of halogens is 3. The van der Waals surface area contributed by atoms with Crippen LogP contribution in [0, 0.1) is 11.5 Å². The highest BCUT2D eigenvalue weighted by atomic mass is 28.3. The molecule has 0 amide bonds. The van der Waals surface area contributed by atoms with Gasteiger partial charge in [-0.15, -0.1) is 5.54 Å². The molecule has 24 heavy (non-hydrogen) atoms. The molecule has 0 fully saturated rings. The summed E-state index contributed by atoms with van der Waals surface area (Å²) >= 11 is 0. The summed E-state index contributed by atoms with van der Waals surface area (Å²) in [6.07, 6.45) is -4.42. The lowest BCUT2D eigenvalue weighted by Gasteiger charge is -2.15. The molecule has 2 aromatic carbocycles. The summed E-state index contributed by atoms with van der Waals surface area (Å²) < 4.78 is 45.0. The summed E-state index contributed by atoms with van der Waals surface area (Å²) in [6, 6.07) is 10.6. The van der Waals surface area contributed by atoms with Crippen LogP contribution < -0.4 is 4.74 Å². The van der Waals surface area contributed by atoms with Gasteiger partial charge in [-0.1, -0.05) is 43.8 Å². The Labute approximate surface area is 141 Å². The first-order valence-corrected chi connectivity index (χ1v) is 11.0. The monoisotopic (exact) mass is 348 g/mol. The summed E-state index contributed by atoms with van der Waals surface area (Å²) in [5, 5.41) is 0. The van der Waals surface area contributed by atoms with Gasteiger partial charge in [0.05, 0.1) is 12.7 Å². The minimum Gasteiger partial charge on any atom is -0.496 e. The molecule has 0 aliphatic heterocycles. The number of benzene rings is 2. The molecule has 0 spiro atoms. The lowest BCUT2D eigenvalue weighted by atomic mass is 9.97. The minimum absolute atomic E-state index is 0.103. The third-order valence-corrected chi connectivity index (χ3v) is 4.18. The fourth-order valence-corrected chi connectivity index (χ4v) is 2.74. The van der Waals surface area contributed by atoms with Crippen LogP contribution in [-0.4, -0.2) is 15.2 Å². The van der Waals surface area contributed by atoms with Gasteiger partial charge >= 0.3 is 6.18 Å². The summed E-state index contributed by atoms with van der Waals surface area (Å²) in [6.45, 7) is 6.39. The molecular formula is C19H19F3OSi. The maximum atomic E-state index is 13.2. The molecule has 0 N–H and O–H groups in total. The predicted octanol–water partition coefficient (Wildman–Crippen LogP) is 5.61. The maximum Gasteiger partial charge on any atom is 0.417 e. The molecule has 0 saturated carbocycles. The van der Waals surface area contributed by atoms with Crippen LogP contribution in [0.5, 0.6) is 5.75 Å². The van der Waals surface area contributed by atoms with Gasteiger partial charge in [-0.2, -0.15) is 13.2 Å². The zero-order chi connectivity index (χ0) is 18.0. The third kappa shape index (κ3) is 4.42. The van der Waals surface area contributed by atoms with Gasteiger partial charge < -0.3 is 4.74 Å². The van der Waals surface area contributed by atoms with Crippen molar-refractivity contribution in [2.75, 3.05) is 7.11 Å². The Morgan fingerprint density at radius 1 is 0.958 bits per heavy atom. The van der Waals surface area contributed by atoms with Crippen LogP contribution in [0.4, 0.5) is 13.2 Å². The van der Waals surface area contributed by atoms with Crippen molar-refractivity contribution in [3.63, 3.8) is 0 Å². The fourth-order valence-electron chi connectivity index (χ4n) is 2.22. The number of hydrogen-bond acceptors (Lipinski definition) is 1. The Balaban J connectivity index is 2.55. The minimum atomic E-state index is -4.42. The molecular weight excluding hydrogens is 329 g/mol. The molecule has 0 atom stereocenters. The van der Waals surface area contributed by atoms with E-state index in [0.717, 1.165) is 11.6 Å². The van der Waals surface area contributed by atoms with E-state index in [1.165, 1.54) is 19.2 Å². The van der Waals surface area contributed by atoms with Crippen molar-refractivity contribution in [2.24, 2.45) is 0 Å². The van der Waals surface area contributed by atoms with Gasteiger partial charge in [0.2, 0.25) is 0 Å². The Kier molecular flexibility index (Phi) is 5.10. The van der Waals surface area contributed by atoms with Crippen LogP contribution in [0.15, 0.2) is 42.5 Å². The Morgan fingerprint density at radius 2 is 1.62 bits per heavy atom. The molecule has 1 nitrogen and oxygen atoms in total. The molecule has 0 saturated heterocycles. The fraction of sp³-hybridized carbons (Fsp3) is 0.263. The van der Waals surface area contributed by atoms with Crippen LogP contribution in [0.1, 0.15) is 11.1 Å². The van der Waals surface area contributed by atoms with E-state index in [1.54, 1.807) is 24.3 Å². The largest absolute Gasteiger partial charge is 0.496 e. The highest BCUT2D eigenvalue weighted by Crippen LogP contribution is 2.40. The lowest BCUT2D eigenvalue weighted by Crippen LogP contribution is -2.16. The normalized spacial score (nSPS) is 11.6. The quantitative estimate of drug-likeness (QED) is 0.506. The first-order valence-electron chi connectivity index (χ1n) is 7.49. The summed E-state index contributed by atoms with van der Waals surface area (Å²) in [5.74, 6) is 3.48. The van der Waals surface area contributed by atoms with Crippen molar-refractivity contribution in [1.82, 2.24) is 0 Å². The van der Waals surface area contributed by atoms with Crippen LogP contribution >= 0.6 is 0 Å². The molecule has 2 rings (SSSR count). The first-order chi connectivity index (χ1) is 11.1. The smallest absolute Gasteiger partial charge is 0.417 e. The van der Waals surface area contributed by atoms with Crippen LogP contribution in [0.25, 0.3) is 11.1 Å². The number of hydrogen-bond donors (Lipinski definition) is 0. The van der Waals surface area contributed by atoms with Crippen LogP contribution in [0.3, 0.4) is 0 Å². The van der Waals surface area contributed by atoms with E-state index in [0.29, 0.717) is 11.3 Å². The van der Waals surface area contributed by atoms with E-state index >= 15 is 0 Å². The van der Waals surface area contributed by atoms with Gasteiger partial charge in [0, 0.05) is 11.1 Å². The highest BCUT2D eigenvalue weighted by molar-refractivity contribution is 6.83. The van der Waals surface area contributed by atoms with Gasteiger partial charge in [0.1, 0.15) is 13.8 Å². The van der Waals surface area contributed by atoms with Crippen molar-refractivity contribution >= 4 is 8.07 Å². The average molecular weight is 348 g/mol. The molecule has 5 heteroatoms. The van der Waals surface area contributed by atoms with Crippen molar-refractivity contribution < 1.29 is 17.9 Å². The molecule has 2 aromatic rings.